The van der Waals surface area contributed by atoms with Gasteiger partial charge >= 0.3 is 0 Å². The Hall–Kier alpha value is -3.20. The van der Waals surface area contributed by atoms with Crippen LogP contribution in [0.5, 0.6) is 0 Å². The predicted octanol–water partition coefficient (Wildman–Crippen LogP) is 4.10. The second-order valence-electron chi connectivity index (χ2n) is 7.17. The summed E-state index contributed by atoms with van der Waals surface area (Å²) in [5.74, 6) is 1.04. The SMILES string of the molecule is CC(C)[C@@H](C)NC(=O)CSc1nnc(-c2ccc([N+](=O)[O-])cc2)n1-c1ccccc1. The molecule has 0 saturated heterocycles. The molecule has 30 heavy (non-hydrogen) atoms. The van der Waals surface area contributed by atoms with E-state index in [2.05, 4.69) is 29.4 Å². The molecule has 9 heteroatoms. The molecule has 0 bridgehead atoms. The summed E-state index contributed by atoms with van der Waals surface area (Å²) >= 11 is 1.30. The average Bonchev–Trinajstić information content (AvgIpc) is 3.16. The van der Waals surface area contributed by atoms with E-state index in [0.29, 0.717) is 22.5 Å². The van der Waals surface area contributed by atoms with Crippen LogP contribution in [0.25, 0.3) is 17.1 Å². The normalized spacial score (nSPS) is 12.0. The van der Waals surface area contributed by atoms with Crippen LogP contribution in [-0.2, 0) is 4.79 Å². The lowest BCUT2D eigenvalue weighted by atomic mass is 10.1. The average molecular weight is 426 g/mol. The number of hydrogen-bond donors (Lipinski definition) is 1. The molecule has 0 fully saturated rings. The third-order valence-electron chi connectivity index (χ3n) is 4.71. The molecule has 1 amide bonds. The van der Waals surface area contributed by atoms with Gasteiger partial charge in [0.25, 0.3) is 5.69 Å². The minimum Gasteiger partial charge on any atom is -0.353 e. The molecule has 0 aliphatic heterocycles. The van der Waals surface area contributed by atoms with E-state index in [-0.39, 0.29) is 23.4 Å². The van der Waals surface area contributed by atoms with E-state index < -0.39 is 4.92 Å². The van der Waals surface area contributed by atoms with E-state index >= 15 is 0 Å². The minimum absolute atomic E-state index is 0.00932. The summed E-state index contributed by atoms with van der Waals surface area (Å²) in [5.41, 5.74) is 1.55. The molecule has 0 saturated carbocycles. The summed E-state index contributed by atoms with van der Waals surface area (Å²) in [7, 11) is 0. The van der Waals surface area contributed by atoms with Crippen LogP contribution in [0.4, 0.5) is 5.69 Å². The predicted molar refractivity (Wildman–Crippen MR) is 117 cm³/mol. The van der Waals surface area contributed by atoms with Crippen molar-refractivity contribution >= 4 is 23.4 Å². The molecule has 1 N–H and O–H groups in total. The zero-order valence-corrected chi connectivity index (χ0v) is 17.8. The van der Waals surface area contributed by atoms with Gasteiger partial charge in [-0.25, -0.2) is 0 Å². The van der Waals surface area contributed by atoms with Crippen molar-refractivity contribution < 1.29 is 9.72 Å². The van der Waals surface area contributed by atoms with Crippen molar-refractivity contribution in [3.63, 3.8) is 0 Å². The van der Waals surface area contributed by atoms with Gasteiger partial charge in [-0.2, -0.15) is 0 Å². The Morgan fingerprint density at radius 2 is 1.77 bits per heavy atom. The Balaban J connectivity index is 1.89. The van der Waals surface area contributed by atoms with Gasteiger partial charge in [0.15, 0.2) is 11.0 Å². The lowest BCUT2D eigenvalue weighted by Crippen LogP contribution is -2.37. The zero-order valence-electron chi connectivity index (χ0n) is 17.0. The van der Waals surface area contributed by atoms with Crippen molar-refractivity contribution in [1.29, 1.82) is 0 Å². The van der Waals surface area contributed by atoms with Crippen LogP contribution in [0.2, 0.25) is 0 Å². The molecule has 2 aromatic carbocycles. The van der Waals surface area contributed by atoms with Gasteiger partial charge in [-0.15, -0.1) is 10.2 Å². The first kappa shape index (κ1) is 21.5. The molecular formula is C21H23N5O3S. The van der Waals surface area contributed by atoms with Gasteiger partial charge in [0.05, 0.1) is 10.7 Å². The van der Waals surface area contributed by atoms with Crippen LogP contribution >= 0.6 is 11.8 Å². The molecule has 0 unspecified atom stereocenters. The molecule has 8 nitrogen and oxygen atoms in total. The molecule has 3 aromatic rings. The number of nitrogens with zero attached hydrogens (tertiary/aromatic N) is 4. The van der Waals surface area contributed by atoms with Crippen LogP contribution in [0, 0.1) is 16.0 Å². The Kier molecular flexibility index (Phi) is 6.83. The van der Waals surface area contributed by atoms with Crippen molar-refractivity contribution in [1.82, 2.24) is 20.1 Å². The fraction of sp³-hybridized carbons (Fsp3) is 0.286. The largest absolute Gasteiger partial charge is 0.353 e. The highest BCUT2D eigenvalue weighted by Crippen LogP contribution is 2.29. The van der Waals surface area contributed by atoms with Gasteiger partial charge in [0.2, 0.25) is 5.91 Å². The first-order valence-electron chi connectivity index (χ1n) is 9.54. The summed E-state index contributed by atoms with van der Waals surface area (Å²) in [5, 5.41) is 23.1. The van der Waals surface area contributed by atoms with Crippen molar-refractivity contribution in [2.75, 3.05) is 5.75 Å². The topological polar surface area (TPSA) is 103 Å². The van der Waals surface area contributed by atoms with Crippen LogP contribution in [0.1, 0.15) is 20.8 Å². The maximum absolute atomic E-state index is 12.3. The highest BCUT2D eigenvalue weighted by atomic mass is 32.2. The fourth-order valence-corrected chi connectivity index (χ4v) is 3.45. The molecule has 1 heterocycles. The van der Waals surface area contributed by atoms with Gasteiger partial charge in [0, 0.05) is 29.4 Å². The second kappa shape index (κ2) is 9.53. The number of amides is 1. The maximum Gasteiger partial charge on any atom is 0.269 e. The third kappa shape index (κ3) is 5.04. The first-order chi connectivity index (χ1) is 14.4. The number of hydrogen-bond acceptors (Lipinski definition) is 6. The van der Waals surface area contributed by atoms with E-state index in [1.165, 1.54) is 23.9 Å². The quantitative estimate of drug-likeness (QED) is 0.331. The second-order valence-corrected chi connectivity index (χ2v) is 8.11. The van der Waals surface area contributed by atoms with Gasteiger partial charge in [-0.3, -0.25) is 19.5 Å². The number of aromatic nitrogens is 3. The number of nitrogens with one attached hydrogen (secondary N) is 1. The van der Waals surface area contributed by atoms with Crippen molar-refractivity contribution in [2.24, 2.45) is 5.92 Å². The molecule has 0 radical (unpaired) electrons. The van der Waals surface area contributed by atoms with Gasteiger partial charge in [-0.05, 0) is 37.1 Å². The Morgan fingerprint density at radius 1 is 1.10 bits per heavy atom. The maximum atomic E-state index is 12.3. The zero-order chi connectivity index (χ0) is 21.7. The molecule has 0 spiro atoms. The van der Waals surface area contributed by atoms with E-state index in [9.17, 15) is 14.9 Å². The number of nitro groups is 1. The van der Waals surface area contributed by atoms with Crippen molar-refractivity contribution in [2.45, 2.75) is 32.0 Å². The molecule has 1 atom stereocenters. The smallest absolute Gasteiger partial charge is 0.269 e. The number of carbonyl (C=O) groups excluding carboxylic acids is 1. The summed E-state index contributed by atoms with van der Waals surface area (Å²) in [6.45, 7) is 6.09. The molecule has 1 aromatic heterocycles. The summed E-state index contributed by atoms with van der Waals surface area (Å²) < 4.78 is 1.85. The highest BCUT2D eigenvalue weighted by Gasteiger charge is 2.19. The van der Waals surface area contributed by atoms with Crippen molar-refractivity contribution in [3.05, 3.63) is 64.7 Å². The van der Waals surface area contributed by atoms with Gasteiger partial charge in [0.1, 0.15) is 0 Å². The lowest BCUT2D eigenvalue weighted by Gasteiger charge is -2.17. The molecule has 0 aliphatic rings. The van der Waals surface area contributed by atoms with Crippen LogP contribution in [-0.4, -0.2) is 37.4 Å². The number of thioether (sulfide) groups is 1. The van der Waals surface area contributed by atoms with E-state index in [1.54, 1.807) is 12.1 Å². The van der Waals surface area contributed by atoms with E-state index in [1.807, 2.05) is 41.8 Å². The van der Waals surface area contributed by atoms with Crippen LogP contribution in [0.3, 0.4) is 0 Å². The molecular weight excluding hydrogens is 402 g/mol. The third-order valence-corrected chi connectivity index (χ3v) is 5.63. The number of para-hydroxylation sites is 1. The molecule has 0 aliphatic carbocycles. The Morgan fingerprint density at radius 3 is 2.37 bits per heavy atom. The summed E-state index contributed by atoms with van der Waals surface area (Å²) in [6.07, 6.45) is 0. The number of non-ortho nitro benzene ring substituents is 1. The highest BCUT2D eigenvalue weighted by molar-refractivity contribution is 7.99. The Bertz CT molecular complexity index is 1020. The van der Waals surface area contributed by atoms with Crippen molar-refractivity contribution in [3.8, 4) is 17.1 Å². The standard InChI is InChI=1S/C21H23N5O3S/c1-14(2)15(3)22-19(27)13-30-21-24-23-20(25(21)17-7-5-4-6-8-17)16-9-11-18(12-10-16)26(28)29/h4-12,14-15H,13H2,1-3H3,(H,22,27)/t15-/m1/s1. The van der Waals surface area contributed by atoms with E-state index in [4.69, 9.17) is 0 Å². The first-order valence-corrected chi connectivity index (χ1v) is 10.5. The monoisotopic (exact) mass is 425 g/mol. The van der Waals surface area contributed by atoms with E-state index in [0.717, 1.165) is 5.69 Å². The number of benzene rings is 2. The van der Waals surface area contributed by atoms with Gasteiger partial charge in [-0.1, -0.05) is 43.8 Å². The number of nitro benzene ring substituents is 1. The summed E-state index contributed by atoms with van der Waals surface area (Å²) in [6, 6.07) is 15.8. The number of carbonyl (C=O) groups is 1. The fourth-order valence-electron chi connectivity index (χ4n) is 2.68. The summed E-state index contributed by atoms with van der Waals surface area (Å²) in [4.78, 5) is 22.8. The van der Waals surface area contributed by atoms with Crippen LogP contribution in [0.15, 0.2) is 59.8 Å². The number of rotatable bonds is 8. The van der Waals surface area contributed by atoms with Gasteiger partial charge < -0.3 is 5.32 Å². The molecule has 3 rings (SSSR count). The molecule has 156 valence electrons. The Labute approximate surface area is 178 Å². The minimum atomic E-state index is -0.441. The lowest BCUT2D eigenvalue weighted by molar-refractivity contribution is -0.384. The van der Waals surface area contributed by atoms with Crippen LogP contribution < -0.4 is 5.32 Å².